The first kappa shape index (κ1) is 22.6. The highest BCUT2D eigenvalue weighted by Gasteiger charge is 2.28. The number of pyridine rings is 1. The number of benzene rings is 2. The molecule has 0 saturated heterocycles. The van der Waals surface area contributed by atoms with Gasteiger partial charge in [-0.25, -0.2) is 28.5 Å². The number of anilines is 2. The standard InChI is InChI=1S/C21H15F4N5O2S/c22-18-6-1-13(10-27-18)17-8-12(9-21(23,24)25)7-14-11-28-20(30-19(14)17)29-15-2-4-16(5-3-15)33(26,31)32/h1-8,10-11H,9H2,(H2,26,31,32)(H,28,29,30). The molecule has 0 bridgehead atoms. The zero-order valence-corrected chi connectivity index (χ0v) is 17.5. The molecule has 33 heavy (non-hydrogen) atoms. The summed E-state index contributed by atoms with van der Waals surface area (Å²) in [5.41, 5.74) is 1.49. The fourth-order valence-corrected chi connectivity index (χ4v) is 3.73. The van der Waals surface area contributed by atoms with Crippen LogP contribution in [0.1, 0.15) is 5.56 Å². The van der Waals surface area contributed by atoms with E-state index in [0.29, 0.717) is 27.7 Å². The summed E-state index contributed by atoms with van der Waals surface area (Å²) in [5, 5.41) is 8.34. The number of nitrogens with two attached hydrogens (primary N) is 1. The second kappa shape index (κ2) is 8.37. The number of nitrogens with one attached hydrogen (secondary N) is 1. The maximum atomic E-state index is 13.3. The molecule has 0 aliphatic rings. The molecule has 4 aromatic rings. The van der Waals surface area contributed by atoms with Crippen LogP contribution in [-0.4, -0.2) is 29.5 Å². The molecule has 0 unspecified atom stereocenters. The number of fused-ring (bicyclic) bond motifs is 1. The molecule has 0 saturated carbocycles. The van der Waals surface area contributed by atoms with E-state index in [9.17, 15) is 26.0 Å². The Balaban J connectivity index is 1.77. The van der Waals surface area contributed by atoms with Crippen molar-refractivity contribution in [1.29, 1.82) is 0 Å². The molecule has 12 heteroatoms. The van der Waals surface area contributed by atoms with Crippen LogP contribution in [0.2, 0.25) is 0 Å². The second-order valence-electron chi connectivity index (χ2n) is 7.13. The number of sulfonamides is 1. The summed E-state index contributed by atoms with van der Waals surface area (Å²) in [5.74, 6) is -0.611. The van der Waals surface area contributed by atoms with Crippen LogP contribution in [0.25, 0.3) is 22.0 Å². The van der Waals surface area contributed by atoms with E-state index < -0.39 is 28.6 Å². The number of aromatic nitrogens is 3. The van der Waals surface area contributed by atoms with Crippen molar-refractivity contribution in [2.75, 3.05) is 5.32 Å². The van der Waals surface area contributed by atoms with Crippen LogP contribution in [-0.2, 0) is 16.4 Å². The maximum Gasteiger partial charge on any atom is 0.393 e. The number of rotatable bonds is 5. The lowest BCUT2D eigenvalue weighted by Gasteiger charge is -2.13. The highest BCUT2D eigenvalue weighted by atomic mass is 32.2. The molecule has 2 heterocycles. The van der Waals surface area contributed by atoms with Gasteiger partial charge in [-0.2, -0.15) is 17.6 Å². The lowest BCUT2D eigenvalue weighted by molar-refractivity contribution is -0.127. The summed E-state index contributed by atoms with van der Waals surface area (Å²) in [6.45, 7) is 0. The predicted octanol–water partition coefficient (Wildman–Crippen LogP) is 4.33. The molecule has 3 N–H and O–H groups in total. The molecule has 0 spiro atoms. The van der Waals surface area contributed by atoms with Crippen LogP contribution >= 0.6 is 0 Å². The molecule has 2 aromatic heterocycles. The molecule has 0 radical (unpaired) electrons. The summed E-state index contributed by atoms with van der Waals surface area (Å²) in [6, 6.07) is 10.7. The van der Waals surface area contributed by atoms with Gasteiger partial charge in [0.1, 0.15) is 0 Å². The first-order chi connectivity index (χ1) is 15.5. The third kappa shape index (κ3) is 5.41. The van der Waals surface area contributed by atoms with Gasteiger partial charge in [-0.05, 0) is 54.1 Å². The minimum atomic E-state index is -4.42. The van der Waals surface area contributed by atoms with Gasteiger partial charge in [0.25, 0.3) is 0 Å². The van der Waals surface area contributed by atoms with Crippen molar-refractivity contribution in [2.24, 2.45) is 5.14 Å². The normalized spacial score (nSPS) is 12.2. The number of halogens is 4. The van der Waals surface area contributed by atoms with Gasteiger partial charge in [0, 0.05) is 34.6 Å². The number of hydrogen-bond donors (Lipinski definition) is 2. The van der Waals surface area contributed by atoms with Gasteiger partial charge in [0.15, 0.2) is 0 Å². The van der Waals surface area contributed by atoms with Crippen LogP contribution in [0.3, 0.4) is 0 Å². The van der Waals surface area contributed by atoms with Crippen molar-refractivity contribution in [1.82, 2.24) is 15.0 Å². The number of nitrogens with zero attached hydrogens (tertiary/aromatic N) is 3. The van der Waals surface area contributed by atoms with Crippen LogP contribution in [0.4, 0.5) is 29.2 Å². The Morgan fingerprint density at radius 2 is 1.70 bits per heavy atom. The van der Waals surface area contributed by atoms with E-state index in [-0.39, 0.29) is 16.4 Å². The van der Waals surface area contributed by atoms with Crippen LogP contribution in [0, 0.1) is 5.95 Å². The largest absolute Gasteiger partial charge is 0.393 e. The Bertz CT molecular complexity index is 1420. The van der Waals surface area contributed by atoms with Gasteiger partial charge in [0.2, 0.25) is 21.9 Å². The first-order valence-corrected chi connectivity index (χ1v) is 10.9. The Morgan fingerprint density at radius 1 is 0.970 bits per heavy atom. The molecule has 0 aliphatic heterocycles. The third-order valence-corrected chi connectivity index (χ3v) is 5.55. The van der Waals surface area contributed by atoms with Crippen molar-refractivity contribution >= 4 is 32.6 Å². The zero-order valence-electron chi connectivity index (χ0n) is 16.6. The van der Waals surface area contributed by atoms with E-state index in [1.807, 2.05) is 0 Å². The highest BCUT2D eigenvalue weighted by molar-refractivity contribution is 7.89. The lowest BCUT2D eigenvalue weighted by Crippen LogP contribution is -2.12. The summed E-state index contributed by atoms with van der Waals surface area (Å²) in [7, 11) is -3.85. The smallest absolute Gasteiger partial charge is 0.324 e. The molecule has 0 atom stereocenters. The predicted molar refractivity (Wildman–Crippen MR) is 114 cm³/mol. The van der Waals surface area contributed by atoms with Crippen molar-refractivity contribution in [3.8, 4) is 11.1 Å². The summed E-state index contributed by atoms with van der Waals surface area (Å²) in [4.78, 5) is 12.1. The lowest BCUT2D eigenvalue weighted by atomic mass is 9.99. The van der Waals surface area contributed by atoms with Crippen molar-refractivity contribution in [3.63, 3.8) is 0 Å². The van der Waals surface area contributed by atoms with Gasteiger partial charge in [-0.1, -0.05) is 0 Å². The van der Waals surface area contributed by atoms with Gasteiger partial charge >= 0.3 is 6.18 Å². The topological polar surface area (TPSA) is 111 Å². The molecule has 0 fully saturated rings. The van der Waals surface area contributed by atoms with Crippen LogP contribution < -0.4 is 10.5 Å². The van der Waals surface area contributed by atoms with E-state index >= 15 is 0 Å². The Morgan fingerprint density at radius 3 is 2.30 bits per heavy atom. The third-order valence-electron chi connectivity index (χ3n) is 4.62. The fraction of sp³-hybridized carbons (Fsp3) is 0.0952. The SMILES string of the molecule is NS(=O)(=O)c1ccc(Nc2ncc3cc(CC(F)(F)F)cc(-c4ccc(F)nc4)c3n2)cc1. The molecule has 7 nitrogen and oxygen atoms in total. The highest BCUT2D eigenvalue weighted by Crippen LogP contribution is 2.32. The molecule has 0 amide bonds. The molecule has 0 aliphatic carbocycles. The van der Waals surface area contributed by atoms with E-state index in [2.05, 4.69) is 20.3 Å². The van der Waals surface area contributed by atoms with Gasteiger partial charge < -0.3 is 5.32 Å². The second-order valence-corrected chi connectivity index (χ2v) is 8.69. The van der Waals surface area contributed by atoms with Gasteiger partial charge in [-0.15, -0.1) is 0 Å². The molecule has 2 aromatic carbocycles. The maximum absolute atomic E-state index is 13.3. The summed E-state index contributed by atoms with van der Waals surface area (Å²) < 4.78 is 75.0. The number of hydrogen-bond acceptors (Lipinski definition) is 6. The monoisotopic (exact) mass is 477 g/mol. The molecule has 4 rings (SSSR count). The van der Waals surface area contributed by atoms with Crippen LogP contribution in [0.5, 0.6) is 0 Å². The molecular formula is C21H15F4N5O2S. The first-order valence-electron chi connectivity index (χ1n) is 9.36. The van der Waals surface area contributed by atoms with E-state index in [1.165, 1.54) is 54.9 Å². The van der Waals surface area contributed by atoms with Crippen molar-refractivity contribution in [3.05, 3.63) is 72.4 Å². The minimum absolute atomic E-state index is 0.00258. The molecule has 170 valence electrons. The van der Waals surface area contributed by atoms with Gasteiger partial charge in [0.05, 0.1) is 16.8 Å². The summed E-state index contributed by atoms with van der Waals surface area (Å²) in [6.07, 6.45) is -3.00. The summed E-state index contributed by atoms with van der Waals surface area (Å²) >= 11 is 0. The van der Waals surface area contributed by atoms with E-state index in [0.717, 1.165) is 6.07 Å². The van der Waals surface area contributed by atoms with Crippen molar-refractivity contribution < 1.29 is 26.0 Å². The zero-order chi connectivity index (χ0) is 23.8. The van der Waals surface area contributed by atoms with Gasteiger partial charge in [-0.3, -0.25) is 0 Å². The number of primary sulfonamides is 1. The fourth-order valence-electron chi connectivity index (χ4n) is 3.21. The Labute approximate surface area is 185 Å². The van der Waals surface area contributed by atoms with Crippen molar-refractivity contribution in [2.45, 2.75) is 17.5 Å². The molecular weight excluding hydrogens is 462 g/mol. The number of alkyl halides is 3. The van der Waals surface area contributed by atoms with Crippen LogP contribution in [0.15, 0.2) is 65.8 Å². The van der Waals surface area contributed by atoms with E-state index in [1.54, 1.807) is 0 Å². The Hall–Kier alpha value is -3.64. The van der Waals surface area contributed by atoms with E-state index in [4.69, 9.17) is 5.14 Å². The minimum Gasteiger partial charge on any atom is -0.324 e. The Kier molecular flexibility index (Phi) is 5.72. The quantitative estimate of drug-likeness (QED) is 0.327. The average molecular weight is 477 g/mol. The average Bonchev–Trinajstić information content (AvgIpc) is 2.73.